The van der Waals surface area contributed by atoms with E-state index >= 15 is 0 Å². The summed E-state index contributed by atoms with van der Waals surface area (Å²) >= 11 is 0. The van der Waals surface area contributed by atoms with Crippen molar-refractivity contribution in [3.63, 3.8) is 0 Å². The second-order valence-corrected chi connectivity index (χ2v) is 4.88. The summed E-state index contributed by atoms with van der Waals surface area (Å²) in [5.41, 5.74) is 9.28. The fourth-order valence-corrected chi connectivity index (χ4v) is 2.59. The molecule has 0 fully saturated rings. The second-order valence-electron chi connectivity index (χ2n) is 4.88. The van der Waals surface area contributed by atoms with Gasteiger partial charge in [-0.2, -0.15) is 0 Å². The summed E-state index contributed by atoms with van der Waals surface area (Å²) in [5.74, 6) is 0.676. The minimum atomic E-state index is -0.224. The van der Waals surface area contributed by atoms with Crippen molar-refractivity contribution in [2.45, 2.75) is 32.4 Å². The van der Waals surface area contributed by atoms with Crippen molar-refractivity contribution in [3.05, 3.63) is 41.5 Å². The molecule has 1 atom stereocenters. The van der Waals surface area contributed by atoms with Gasteiger partial charge in [-0.05, 0) is 44.0 Å². The number of fused-ring (bicyclic) bond motifs is 1. The lowest BCUT2D eigenvalue weighted by Crippen LogP contribution is -2.32. The molecule has 3 rings (SSSR count). The molecule has 1 aliphatic heterocycles. The fourth-order valence-electron chi connectivity index (χ4n) is 2.59. The Kier molecular flexibility index (Phi) is 2.67. The normalized spacial score (nSPS) is 18.7. The van der Waals surface area contributed by atoms with E-state index in [4.69, 9.17) is 5.73 Å². The Morgan fingerprint density at radius 3 is 2.78 bits per heavy atom. The van der Waals surface area contributed by atoms with E-state index in [2.05, 4.69) is 9.55 Å². The SMILES string of the molecule is Cc1nc(-c2ccc(F)cc2)n2c1CCC(N)C2. The number of benzene rings is 1. The van der Waals surface area contributed by atoms with Crippen molar-refractivity contribution in [2.24, 2.45) is 5.73 Å². The first kappa shape index (κ1) is 11.4. The third-order valence-corrected chi connectivity index (χ3v) is 3.54. The molecule has 0 saturated heterocycles. The van der Waals surface area contributed by atoms with E-state index in [0.717, 1.165) is 36.5 Å². The maximum Gasteiger partial charge on any atom is 0.140 e. The monoisotopic (exact) mass is 245 g/mol. The summed E-state index contributed by atoms with van der Waals surface area (Å²) in [6.45, 7) is 2.82. The molecular weight excluding hydrogens is 229 g/mol. The lowest BCUT2D eigenvalue weighted by atomic mass is 10.0. The van der Waals surface area contributed by atoms with Gasteiger partial charge in [0.05, 0.1) is 5.69 Å². The predicted molar refractivity (Wildman–Crippen MR) is 68.7 cm³/mol. The van der Waals surface area contributed by atoms with Crippen LogP contribution in [0.2, 0.25) is 0 Å². The number of nitrogens with zero attached hydrogens (tertiary/aromatic N) is 2. The maximum absolute atomic E-state index is 13.0. The van der Waals surface area contributed by atoms with Crippen LogP contribution in [0.5, 0.6) is 0 Å². The summed E-state index contributed by atoms with van der Waals surface area (Å²) in [5, 5.41) is 0. The number of aromatic nitrogens is 2. The van der Waals surface area contributed by atoms with Gasteiger partial charge in [0.1, 0.15) is 11.6 Å². The first-order chi connectivity index (χ1) is 8.65. The van der Waals surface area contributed by atoms with Crippen molar-refractivity contribution in [1.82, 2.24) is 9.55 Å². The molecule has 2 heterocycles. The van der Waals surface area contributed by atoms with Crippen LogP contribution in [-0.2, 0) is 13.0 Å². The summed E-state index contributed by atoms with van der Waals surface area (Å²) in [4.78, 5) is 4.61. The van der Waals surface area contributed by atoms with Crippen LogP contribution in [0.4, 0.5) is 4.39 Å². The van der Waals surface area contributed by atoms with E-state index < -0.39 is 0 Å². The molecule has 1 aromatic carbocycles. The third-order valence-electron chi connectivity index (χ3n) is 3.54. The molecule has 0 spiro atoms. The first-order valence-electron chi connectivity index (χ1n) is 6.22. The smallest absolute Gasteiger partial charge is 0.140 e. The van der Waals surface area contributed by atoms with Gasteiger partial charge in [-0.25, -0.2) is 9.37 Å². The van der Waals surface area contributed by atoms with Gasteiger partial charge < -0.3 is 10.3 Å². The number of imidazole rings is 1. The number of nitrogens with two attached hydrogens (primary N) is 1. The molecule has 0 bridgehead atoms. The van der Waals surface area contributed by atoms with Crippen molar-refractivity contribution < 1.29 is 4.39 Å². The van der Waals surface area contributed by atoms with Gasteiger partial charge in [-0.3, -0.25) is 0 Å². The molecule has 1 aliphatic rings. The van der Waals surface area contributed by atoms with Gasteiger partial charge >= 0.3 is 0 Å². The minimum absolute atomic E-state index is 0.185. The average molecular weight is 245 g/mol. The van der Waals surface area contributed by atoms with Gasteiger partial charge in [0, 0.05) is 23.8 Å². The number of hydrogen-bond acceptors (Lipinski definition) is 2. The Labute approximate surface area is 105 Å². The summed E-state index contributed by atoms with van der Waals surface area (Å²) in [6, 6.07) is 6.66. The van der Waals surface area contributed by atoms with Crippen LogP contribution in [0.1, 0.15) is 17.8 Å². The highest BCUT2D eigenvalue weighted by Crippen LogP contribution is 2.26. The van der Waals surface area contributed by atoms with E-state index in [9.17, 15) is 4.39 Å². The summed E-state index contributed by atoms with van der Waals surface area (Å²) < 4.78 is 15.1. The number of rotatable bonds is 1. The highest BCUT2D eigenvalue weighted by atomic mass is 19.1. The number of aryl methyl sites for hydroxylation is 1. The van der Waals surface area contributed by atoms with Gasteiger partial charge in [0.15, 0.2) is 0 Å². The van der Waals surface area contributed by atoms with Crippen molar-refractivity contribution in [1.29, 1.82) is 0 Å². The summed E-state index contributed by atoms with van der Waals surface area (Å²) in [7, 11) is 0. The van der Waals surface area contributed by atoms with Crippen LogP contribution in [0.3, 0.4) is 0 Å². The van der Waals surface area contributed by atoms with Crippen LogP contribution >= 0.6 is 0 Å². The van der Waals surface area contributed by atoms with E-state index in [1.807, 2.05) is 6.92 Å². The Morgan fingerprint density at radius 1 is 1.33 bits per heavy atom. The van der Waals surface area contributed by atoms with Crippen LogP contribution in [-0.4, -0.2) is 15.6 Å². The Morgan fingerprint density at radius 2 is 2.06 bits per heavy atom. The zero-order chi connectivity index (χ0) is 12.7. The van der Waals surface area contributed by atoms with E-state index in [-0.39, 0.29) is 11.9 Å². The quantitative estimate of drug-likeness (QED) is 0.837. The van der Waals surface area contributed by atoms with Gasteiger partial charge in [-0.15, -0.1) is 0 Å². The van der Waals surface area contributed by atoms with Gasteiger partial charge in [-0.1, -0.05) is 0 Å². The van der Waals surface area contributed by atoms with E-state index in [1.54, 1.807) is 12.1 Å². The average Bonchev–Trinajstić information content (AvgIpc) is 2.67. The Bertz CT molecular complexity index is 571. The molecule has 0 saturated carbocycles. The fraction of sp³-hybridized carbons (Fsp3) is 0.357. The minimum Gasteiger partial charge on any atom is -0.326 e. The molecule has 0 amide bonds. The molecule has 18 heavy (non-hydrogen) atoms. The Hall–Kier alpha value is -1.68. The number of hydrogen-bond donors (Lipinski definition) is 1. The lowest BCUT2D eigenvalue weighted by molar-refractivity contribution is 0.462. The maximum atomic E-state index is 13.0. The zero-order valence-electron chi connectivity index (χ0n) is 10.4. The molecule has 94 valence electrons. The molecule has 2 N–H and O–H groups in total. The van der Waals surface area contributed by atoms with E-state index in [1.165, 1.54) is 17.8 Å². The van der Waals surface area contributed by atoms with Crippen molar-refractivity contribution in [3.8, 4) is 11.4 Å². The highest BCUT2D eigenvalue weighted by Gasteiger charge is 2.22. The van der Waals surface area contributed by atoms with Gasteiger partial charge in [0.2, 0.25) is 0 Å². The largest absolute Gasteiger partial charge is 0.326 e. The second kappa shape index (κ2) is 4.21. The molecule has 1 unspecified atom stereocenters. The van der Waals surface area contributed by atoms with Crippen molar-refractivity contribution >= 4 is 0 Å². The molecule has 0 radical (unpaired) electrons. The van der Waals surface area contributed by atoms with Crippen molar-refractivity contribution in [2.75, 3.05) is 0 Å². The van der Waals surface area contributed by atoms with Crippen LogP contribution in [0.25, 0.3) is 11.4 Å². The molecular formula is C14H16FN3. The standard InChI is InChI=1S/C14H16FN3/c1-9-13-7-6-12(16)8-18(13)14(17-9)10-2-4-11(15)5-3-10/h2-5,12H,6-8,16H2,1H3. The molecule has 2 aromatic rings. The molecule has 1 aromatic heterocycles. The summed E-state index contributed by atoms with van der Waals surface area (Å²) in [6.07, 6.45) is 1.98. The van der Waals surface area contributed by atoms with Gasteiger partial charge in [0.25, 0.3) is 0 Å². The topological polar surface area (TPSA) is 43.8 Å². The predicted octanol–water partition coefficient (Wildman–Crippen LogP) is 2.27. The molecule has 0 aliphatic carbocycles. The zero-order valence-corrected chi connectivity index (χ0v) is 10.4. The molecule has 4 heteroatoms. The first-order valence-corrected chi connectivity index (χ1v) is 6.22. The highest BCUT2D eigenvalue weighted by molar-refractivity contribution is 5.57. The molecule has 3 nitrogen and oxygen atoms in total. The van der Waals surface area contributed by atoms with E-state index in [0.29, 0.717) is 0 Å². The number of halogens is 1. The van der Waals surface area contributed by atoms with Crippen LogP contribution < -0.4 is 5.73 Å². The Balaban J connectivity index is 2.10. The third kappa shape index (κ3) is 1.82. The lowest BCUT2D eigenvalue weighted by Gasteiger charge is -2.22. The van der Waals surface area contributed by atoms with Crippen LogP contribution in [0.15, 0.2) is 24.3 Å². The van der Waals surface area contributed by atoms with Crippen LogP contribution in [0, 0.1) is 12.7 Å².